The van der Waals surface area contributed by atoms with E-state index in [4.69, 9.17) is 32.7 Å². The largest absolute Gasteiger partial charge is 0.466 e. The Morgan fingerprint density at radius 1 is 1.05 bits per heavy atom. The zero-order valence-corrected chi connectivity index (χ0v) is 25.0. The Balaban J connectivity index is 1.32. The number of nitrogens with zero attached hydrogens (tertiary/aromatic N) is 2. The number of likely N-dealkylation sites (tertiary alicyclic amines) is 1. The van der Waals surface area contributed by atoms with Crippen LogP contribution in [0.15, 0.2) is 46.2 Å². The number of esters is 1. The van der Waals surface area contributed by atoms with Crippen molar-refractivity contribution in [2.45, 2.75) is 55.4 Å². The first-order valence-electron chi connectivity index (χ1n) is 13.7. The summed E-state index contributed by atoms with van der Waals surface area (Å²) in [6, 6.07) is 11.7. The molecular weight excluding hydrogens is 573 g/mol. The maximum absolute atomic E-state index is 12.4. The molecule has 4 rings (SSSR count). The van der Waals surface area contributed by atoms with Crippen LogP contribution in [-0.2, 0) is 25.7 Å². The van der Waals surface area contributed by atoms with Crippen molar-refractivity contribution < 1.29 is 23.9 Å². The van der Waals surface area contributed by atoms with Crippen LogP contribution in [0.25, 0.3) is 0 Å². The molecule has 8 nitrogen and oxygen atoms in total. The second kappa shape index (κ2) is 14.8. The van der Waals surface area contributed by atoms with Crippen molar-refractivity contribution >= 4 is 58.6 Å². The number of benzene rings is 2. The number of piperidine rings is 1. The molecule has 2 aliphatic rings. The number of nitrogens with one attached hydrogen (secondary N) is 1. The van der Waals surface area contributed by atoms with E-state index in [-0.39, 0.29) is 24.4 Å². The molecule has 0 bridgehead atoms. The van der Waals surface area contributed by atoms with Crippen LogP contribution in [0, 0.1) is 5.92 Å². The summed E-state index contributed by atoms with van der Waals surface area (Å²) in [6.07, 6.45) is 3.37. The summed E-state index contributed by atoms with van der Waals surface area (Å²) in [6.45, 7) is 5.51. The minimum atomic E-state index is -0.546. The number of hydrogen-bond donors (Lipinski definition) is 1. The van der Waals surface area contributed by atoms with Gasteiger partial charge in [0, 0.05) is 54.5 Å². The van der Waals surface area contributed by atoms with Crippen molar-refractivity contribution in [2.24, 2.45) is 5.92 Å². The topological polar surface area (TPSA) is 88.2 Å². The zero-order chi connectivity index (χ0) is 28.5. The predicted molar refractivity (Wildman–Crippen MR) is 157 cm³/mol. The van der Waals surface area contributed by atoms with E-state index in [0.29, 0.717) is 54.7 Å². The van der Waals surface area contributed by atoms with E-state index in [0.717, 1.165) is 47.8 Å². The van der Waals surface area contributed by atoms with Gasteiger partial charge in [0.1, 0.15) is 6.61 Å². The smallest absolute Gasteiger partial charge is 0.407 e. The van der Waals surface area contributed by atoms with E-state index in [1.165, 1.54) is 11.8 Å². The molecule has 2 amide bonds. The molecule has 216 valence electrons. The molecule has 1 unspecified atom stereocenters. The first-order chi connectivity index (χ1) is 19.4. The zero-order valence-electron chi connectivity index (χ0n) is 22.6. The van der Waals surface area contributed by atoms with Gasteiger partial charge in [-0.05, 0) is 50.8 Å². The molecule has 40 heavy (non-hydrogen) atoms. The predicted octanol–water partition coefficient (Wildman–Crippen LogP) is 6.16. The molecule has 1 N–H and O–H groups in total. The monoisotopic (exact) mass is 607 g/mol. The second-order valence-electron chi connectivity index (χ2n) is 9.80. The van der Waals surface area contributed by atoms with Crippen LogP contribution >= 0.6 is 35.0 Å². The van der Waals surface area contributed by atoms with E-state index >= 15 is 0 Å². The van der Waals surface area contributed by atoms with E-state index < -0.39 is 6.09 Å². The number of halogens is 2. The average Bonchev–Trinajstić information content (AvgIpc) is 3.38. The maximum atomic E-state index is 12.4. The van der Waals surface area contributed by atoms with Gasteiger partial charge in [-0.1, -0.05) is 53.2 Å². The third kappa shape index (κ3) is 7.98. The summed E-state index contributed by atoms with van der Waals surface area (Å²) in [5.41, 5.74) is 1.64. The molecule has 0 spiro atoms. The Kier molecular flexibility index (Phi) is 11.3. The molecule has 11 heteroatoms. The van der Waals surface area contributed by atoms with Gasteiger partial charge in [0.05, 0.1) is 28.3 Å². The van der Waals surface area contributed by atoms with Gasteiger partial charge < -0.3 is 24.6 Å². The maximum Gasteiger partial charge on any atom is 0.407 e. The van der Waals surface area contributed by atoms with Gasteiger partial charge in [0.2, 0.25) is 5.91 Å². The number of carbonyl (C=O) groups is 3. The fraction of sp³-hybridized carbons (Fsp3) is 0.483. The van der Waals surface area contributed by atoms with Crippen LogP contribution in [0.3, 0.4) is 0 Å². The number of rotatable bonds is 11. The molecule has 2 fully saturated rings. The fourth-order valence-corrected chi connectivity index (χ4v) is 6.52. The van der Waals surface area contributed by atoms with Crippen LogP contribution in [0.5, 0.6) is 0 Å². The van der Waals surface area contributed by atoms with Crippen LogP contribution < -0.4 is 10.2 Å². The summed E-state index contributed by atoms with van der Waals surface area (Å²) < 4.78 is 10.6. The van der Waals surface area contributed by atoms with Crippen molar-refractivity contribution in [1.82, 2.24) is 10.2 Å². The van der Waals surface area contributed by atoms with Crippen LogP contribution in [-0.4, -0.2) is 62.2 Å². The van der Waals surface area contributed by atoms with Crippen molar-refractivity contribution in [2.75, 3.05) is 44.2 Å². The normalized spacial score (nSPS) is 17.2. The number of hydrogen-bond acceptors (Lipinski definition) is 7. The van der Waals surface area contributed by atoms with Gasteiger partial charge in [-0.2, -0.15) is 0 Å². The standard InChI is InChI=1S/C29H35Cl2N3O5S/c1-2-38-28(36)20-8-5-16-34(18-20)22-9-3-4-10-23(22)40-24-13-12-21(26(30)27(24)31)19-39-29(37)32-14-7-17-33-15-6-11-25(33)35/h3-4,9-10,12-13,20H,2,5-8,11,14-19H2,1H3,(H,32,37). The number of amides is 2. The summed E-state index contributed by atoms with van der Waals surface area (Å²) >= 11 is 14.7. The third-order valence-corrected chi connectivity index (χ3v) is 9.16. The van der Waals surface area contributed by atoms with Gasteiger partial charge in [-0.3, -0.25) is 9.59 Å². The number of ether oxygens (including phenoxy) is 2. The summed E-state index contributed by atoms with van der Waals surface area (Å²) in [5.74, 6) is -0.110. The van der Waals surface area contributed by atoms with Crippen molar-refractivity contribution in [3.8, 4) is 0 Å². The van der Waals surface area contributed by atoms with Crippen molar-refractivity contribution in [3.05, 3.63) is 52.0 Å². The van der Waals surface area contributed by atoms with Crippen LogP contribution in [0.4, 0.5) is 10.5 Å². The fourth-order valence-electron chi connectivity index (χ4n) is 4.93. The van der Waals surface area contributed by atoms with Crippen molar-refractivity contribution in [3.63, 3.8) is 0 Å². The highest BCUT2D eigenvalue weighted by Gasteiger charge is 2.28. The second-order valence-corrected chi connectivity index (χ2v) is 11.6. The molecule has 2 aliphatic heterocycles. The van der Waals surface area contributed by atoms with Gasteiger partial charge in [0.15, 0.2) is 0 Å². The molecule has 2 aromatic rings. The Morgan fingerprint density at radius 3 is 2.65 bits per heavy atom. The molecule has 0 radical (unpaired) electrons. The highest BCUT2D eigenvalue weighted by atomic mass is 35.5. The minimum Gasteiger partial charge on any atom is -0.466 e. The van der Waals surface area contributed by atoms with Crippen LogP contribution in [0.2, 0.25) is 10.0 Å². The lowest BCUT2D eigenvalue weighted by molar-refractivity contribution is -0.148. The molecule has 2 aromatic carbocycles. The molecular formula is C29H35Cl2N3O5S. The Hall–Kier alpha value is -2.62. The quantitative estimate of drug-likeness (QED) is 0.241. The highest BCUT2D eigenvalue weighted by molar-refractivity contribution is 7.99. The lowest BCUT2D eigenvalue weighted by Crippen LogP contribution is -2.39. The first-order valence-corrected chi connectivity index (χ1v) is 15.3. The molecule has 0 aliphatic carbocycles. The molecule has 0 aromatic heterocycles. The molecule has 1 atom stereocenters. The Bertz CT molecular complexity index is 1210. The lowest BCUT2D eigenvalue weighted by atomic mass is 9.97. The van der Waals surface area contributed by atoms with Crippen molar-refractivity contribution in [1.29, 1.82) is 0 Å². The van der Waals surface area contributed by atoms with Gasteiger partial charge in [-0.25, -0.2) is 4.79 Å². The van der Waals surface area contributed by atoms with E-state index in [2.05, 4.69) is 16.3 Å². The summed E-state index contributed by atoms with van der Waals surface area (Å²) in [5, 5.41) is 3.44. The number of anilines is 1. The summed E-state index contributed by atoms with van der Waals surface area (Å²) in [7, 11) is 0. The molecule has 2 saturated heterocycles. The van der Waals surface area contributed by atoms with Gasteiger partial charge in [-0.15, -0.1) is 0 Å². The number of alkyl carbamates (subject to hydrolysis) is 1. The van der Waals surface area contributed by atoms with Gasteiger partial charge >= 0.3 is 12.1 Å². The minimum absolute atomic E-state index is 0.0143. The highest BCUT2D eigenvalue weighted by Crippen LogP contribution is 2.42. The third-order valence-electron chi connectivity index (χ3n) is 7.00. The van der Waals surface area contributed by atoms with Gasteiger partial charge in [0.25, 0.3) is 0 Å². The first kappa shape index (κ1) is 30.3. The Morgan fingerprint density at radius 2 is 1.88 bits per heavy atom. The Labute approximate surface area is 249 Å². The SMILES string of the molecule is CCOC(=O)C1CCCN(c2ccccc2Sc2ccc(COC(=O)NCCCN3CCCC3=O)c(Cl)c2Cl)C1. The number of carbonyl (C=O) groups excluding carboxylic acids is 3. The number of para-hydroxylation sites is 1. The van der Waals surface area contributed by atoms with Crippen LogP contribution in [0.1, 0.15) is 44.6 Å². The van der Waals surface area contributed by atoms with E-state index in [1.807, 2.05) is 42.2 Å². The molecule has 2 heterocycles. The van der Waals surface area contributed by atoms with E-state index in [1.54, 1.807) is 0 Å². The molecule has 0 saturated carbocycles. The lowest BCUT2D eigenvalue weighted by Gasteiger charge is -2.34. The average molecular weight is 609 g/mol. The summed E-state index contributed by atoms with van der Waals surface area (Å²) in [4.78, 5) is 42.0. The van der Waals surface area contributed by atoms with E-state index in [9.17, 15) is 14.4 Å².